The van der Waals surface area contributed by atoms with E-state index >= 15 is 0 Å². The van der Waals surface area contributed by atoms with Crippen molar-refractivity contribution in [1.82, 2.24) is 4.90 Å². The lowest BCUT2D eigenvalue weighted by Crippen LogP contribution is -2.51. The predicted molar refractivity (Wildman–Crippen MR) is 118 cm³/mol. The molecule has 3 rings (SSSR count). The molecule has 0 amide bonds. The molecule has 2 aliphatic heterocycles. The zero-order valence-electron chi connectivity index (χ0n) is 24.5. The van der Waals surface area contributed by atoms with Crippen LogP contribution >= 0.6 is 0 Å². The Hall–Kier alpha value is -1.79. The predicted octanol–water partition coefficient (Wildman–Crippen LogP) is 3.56. The summed E-state index contributed by atoms with van der Waals surface area (Å²) in [7, 11) is 3.13. The van der Waals surface area contributed by atoms with Crippen LogP contribution in [0.4, 0.5) is 0 Å². The second-order valence-corrected chi connectivity index (χ2v) is 8.52. The number of hydrogen-bond acceptors (Lipinski definition) is 6. The lowest BCUT2D eigenvalue weighted by molar-refractivity contribution is -0.160. The van der Waals surface area contributed by atoms with E-state index in [-0.39, 0.29) is 24.9 Å². The molecule has 2 heterocycles. The van der Waals surface area contributed by atoms with Gasteiger partial charge < -0.3 is 19.9 Å². The highest BCUT2D eigenvalue weighted by Gasteiger charge is 2.41. The summed E-state index contributed by atoms with van der Waals surface area (Å²) < 4.78 is 66.5. The van der Waals surface area contributed by atoms with Gasteiger partial charge in [-0.1, -0.05) is 27.6 Å². The van der Waals surface area contributed by atoms with Crippen LogP contribution in [0.3, 0.4) is 0 Å². The normalized spacial score (nSPS) is 30.7. The third-order valence-electron chi connectivity index (χ3n) is 6.11. The van der Waals surface area contributed by atoms with E-state index in [0.717, 1.165) is 18.1 Å². The average molecular weight is 425 g/mol. The zero-order chi connectivity index (χ0) is 27.2. The van der Waals surface area contributed by atoms with E-state index in [2.05, 4.69) is 4.90 Å². The topological polar surface area (TPSA) is 74.0 Å². The second-order valence-electron chi connectivity index (χ2n) is 8.52. The molecular formula is C24H38N2O4. The molecule has 1 unspecified atom stereocenters. The summed E-state index contributed by atoms with van der Waals surface area (Å²) >= 11 is 0. The number of fused-ring (bicyclic) bond motifs is 3. The molecule has 0 spiro atoms. The van der Waals surface area contributed by atoms with E-state index in [1.165, 1.54) is 0 Å². The Morgan fingerprint density at radius 3 is 2.67 bits per heavy atom. The molecule has 2 aliphatic rings. The molecule has 0 aliphatic carbocycles. The minimum Gasteiger partial charge on any atom is -0.493 e. The van der Waals surface area contributed by atoms with Crippen molar-refractivity contribution in [3.8, 4) is 11.5 Å². The summed E-state index contributed by atoms with van der Waals surface area (Å²) in [5.41, 5.74) is 8.06. The Kier molecular flexibility index (Phi) is 5.08. The lowest BCUT2D eigenvalue weighted by Gasteiger charge is -2.47. The fourth-order valence-corrected chi connectivity index (χ4v) is 4.38. The number of ether oxygens (including phenoxy) is 3. The van der Waals surface area contributed by atoms with E-state index in [9.17, 15) is 4.79 Å². The Labute approximate surface area is 189 Å². The second kappa shape index (κ2) is 9.56. The largest absolute Gasteiger partial charge is 0.493 e. The monoisotopic (exact) mass is 424 g/mol. The molecule has 1 fully saturated rings. The molecular weight excluding hydrogens is 380 g/mol. The van der Waals surface area contributed by atoms with Crippen molar-refractivity contribution in [3.05, 3.63) is 23.3 Å². The molecule has 0 radical (unpaired) electrons. The van der Waals surface area contributed by atoms with Crippen LogP contribution in [-0.2, 0) is 16.0 Å². The SMILES string of the molecule is [2H]C([2H])([2H])C([2H])(C)C([2H])([2H])[C@H]1CN2CCc3cc(OC)c(OC)cc3[C@@H]2C[C@@H]1OC(=O)[C@@H](N)C(C)C. The Morgan fingerprint density at radius 1 is 1.33 bits per heavy atom. The smallest absolute Gasteiger partial charge is 0.323 e. The van der Waals surface area contributed by atoms with Crippen molar-refractivity contribution in [3.63, 3.8) is 0 Å². The summed E-state index contributed by atoms with van der Waals surface area (Å²) in [6.07, 6.45) is -2.54. The first-order valence-electron chi connectivity index (χ1n) is 13.5. The van der Waals surface area contributed by atoms with Gasteiger partial charge in [0, 0.05) is 39.7 Å². The molecule has 1 aromatic rings. The Balaban J connectivity index is 2.04. The maximum Gasteiger partial charge on any atom is 0.323 e. The van der Waals surface area contributed by atoms with Gasteiger partial charge in [0.25, 0.3) is 0 Å². The Bertz CT molecular complexity index is 969. The summed E-state index contributed by atoms with van der Waals surface area (Å²) in [6, 6.07) is 2.72. The Morgan fingerprint density at radius 2 is 2.03 bits per heavy atom. The average Bonchev–Trinajstić information content (AvgIpc) is 2.80. The maximum atomic E-state index is 12.9. The first kappa shape index (κ1) is 15.9. The first-order chi connectivity index (χ1) is 16.6. The number of hydrogen-bond donors (Lipinski definition) is 1. The summed E-state index contributed by atoms with van der Waals surface area (Å²) in [6.45, 7) is 2.52. The van der Waals surface area contributed by atoms with Crippen LogP contribution in [0.15, 0.2) is 12.1 Å². The number of carbonyl (C=O) groups excluding carboxylic acids is 1. The van der Waals surface area contributed by atoms with Gasteiger partial charge in [0.15, 0.2) is 11.5 Å². The molecule has 0 aromatic heterocycles. The quantitative estimate of drug-likeness (QED) is 0.675. The molecule has 1 saturated heterocycles. The van der Waals surface area contributed by atoms with Crippen LogP contribution in [0.25, 0.3) is 0 Å². The van der Waals surface area contributed by atoms with E-state index < -0.39 is 43.2 Å². The summed E-state index contributed by atoms with van der Waals surface area (Å²) in [4.78, 5) is 15.0. The van der Waals surface area contributed by atoms with Crippen LogP contribution < -0.4 is 15.2 Å². The van der Waals surface area contributed by atoms with Crippen molar-refractivity contribution in [2.75, 3.05) is 27.3 Å². The third kappa shape index (κ3) is 4.75. The number of nitrogens with zero attached hydrogens (tertiary/aromatic N) is 1. The van der Waals surface area contributed by atoms with Crippen LogP contribution in [0.2, 0.25) is 0 Å². The number of rotatable bonds is 7. The van der Waals surface area contributed by atoms with Crippen LogP contribution in [0.5, 0.6) is 11.5 Å². The minimum atomic E-state index is -2.88. The molecule has 1 aromatic carbocycles. The van der Waals surface area contributed by atoms with E-state index in [0.29, 0.717) is 24.5 Å². The molecule has 6 nitrogen and oxygen atoms in total. The van der Waals surface area contributed by atoms with E-state index in [1.54, 1.807) is 28.1 Å². The van der Waals surface area contributed by atoms with E-state index in [4.69, 9.17) is 28.2 Å². The third-order valence-corrected chi connectivity index (χ3v) is 6.11. The standard InChI is InChI=1S/C24H38N2O4/c1-14(2)9-17-13-26-8-7-16-10-21(28-5)22(29-6)11-18(16)19(26)12-20(17)30-24(27)23(25)15(3)4/h10-11,14-15,17,19-20,23H,7-9,12-13,25H2,1-6H3/t17-,19-,20-,23-/m0/s1/i1D3,9D2,14D/t14?,17-,19-,20-,23-. The van der Waals surface area contributed by atoms with Crippen molar-refractivity contribution >= 4 is 5.97 Å². The van der Waals surface area contributed by atoms with Gasteiger partial charge in [-0.2, -0.15) is 0 Å². The van der Waals surface area contributed by atoms with Gasteiger partial charge in [-0.25, -0.2) is 0 Å². The molecule has 30 heavy (non-hydrogen) atoms. The highest BCUT2D eigenvalue weighted by molar-refractivity contribution is 5.76. The molecule has 0 saturated carbocycles. The van der Waals surface area contributed by atoms with Crippen molar-refractivity contribution in [2.45, 2.75) is 65.0 Å². The molecule has 2 N–H and O–H groups in total. The van der Waals surface area contributed by atoms with Crippen LogP contribution in [0, 0.1) is 17.7 Å². The molecule has 6 heteroatoms. The van der Waals surface area contributed by atoms with Gasteiger partial charge in [0.05, 0.1) is 14.2 Å². The zero-order valence-corrected chi connectivity index (χ0v) is 18.5. The number of benzene rings is 1. The van der Waals surface area contributed by atoms with Gasteiger partial charge in [-0.3, -0.25) is 9.69 Å². The van der Waals surface area contributed by atoms with Crippen molar-refractivity contribution < 1.29 is 27.2 Å². The fraction of sp³-hybridized carbons (Fsp3) is 0.708. The summed E-state index contributed by atoms with van der Waals surface area (Å²) in [5.74, 6) is -3.14. The van der Waals surface area contributed by atoms with Gasteiger partial charge in [0.1, 0.15) is 12.1 Å². The maximum absolute atomic E-state index is 12.9. The highest BCUT2D eigenvalue weighted by Crippen LogP contribution is 2.44. The number of nitrogens with two attached hydrogens (primary N) is 1. The van der Waals surface area contributed by atoms with Crippen LogP contribution in [0.1, 0.15) is 65.8 Å². The van der Waals surface area contributed by atoms with Gasteiger partial charge >= 0.3 is 5.97 Å². The van der Waals surface area contributed by atoms with Gasteiger partial charge in [-0.15, -0.1) is 0 Å². The molecule has 168 valence electrons. The van der Waals surface area contributed by atoms with Gasteiger partial charge in [0.2, 0.25) is 0 Å². The van der Waals surface area contributed by atoms with Crippen LogP contribution in [-0.4, -0.2) is 50.3 Å². The molecule has 5 atom stereocenters. The number of methoxy groups -OCH3 is 2. The van der Waals surface area contributed by atoms with Crippen molar-refractivity contribution in [1.29, 1.82) is 0 Å². The fourth-order valence-electron chi connectivity index (χ4n) is 4.38. The number of carbonyl (C=O) groups is 1. The molecule has 0 bridgehead atoms. The number of esters is 1. The minimum absolute atomic E-state index is 0.130. The van der Waals surface area contributed by atoms with Gasteiger partial charge in [-0.05, 0) is 47.9 Å². The highest BCUT2D eigenvalue weighted by atomic mass is 16.5. The lowest BCUT2D eigenvalue weighted by atomic mass is 9.79. The first-order valence-corrected chi connectivity index (χ1v) is 10.5. The summed E-state index contributed by atoms with van der Waals surface area (Å²) in [5, 5.41) is 0. The van der Waals surface area contributed by atoms with E-state index in [1.807, 2.05) is 12.1 Å². The van der Waals surface area contributed by atoms with Crippen molar-refractivity contribution in [2.24, 2.45) is 23.5 Å². The number of piperidine rings is 1.